The lowest BCUT2D eigenvalue weighted by atomic mass is 9.97. The lowest BCUT2D eigenvalue weighted by Crippen LogP contribution is -2.12. The van der Waals surface area contributed by atoms with Gasteiger partial charge in [0.05, 0.1) is 5.69 Å². The van der Waals surface area contributed by atoms with Crippen LogP contribution in [0.4, 0.5) is 17.1 Å². The Morgan fingerprint density at radius 2 is 0.860 bits per heavy atom. The molecule has 57 heavy (non-hydrogen) atoms. The van der Waals surface area contributed by atoms with Gasteiger partial charge in [-0.3, -0.25) is 0 Å². The van der Waals surface area contributed by atoms with Gasteiger partial charge in [0.1, 0.15) is 0 Å². The van der Waals surface area contributed by atoms with Gasteiger partial charge >= 0.3 is 0 Å². The molecule has 0 saturated heterocycles. The first kappa shape index (κ1) is 36.7. The summed E-state index contributed by atoms with van der Waals surface area (Å²) in [6.45, 7) is 4.36. The first-order valence-electron chi connectivity index (χ1n) is 19.6. The predicted molar refractivity (Wildman–Crippen MR) is 246 cm³/mol. The minimum absolute atomic E-state index is 1.11. The summed E-state index contributed by atoms with van der Waals surface area (Å²) < 4.78 is 0. The summed E-state index contributed by atoms with van der Waals surface area (Å²) >= 11 is 0. The summed E-state index contributed by atoms with van der Waals surface area (Å²) in [5, 5.41) is 2.40. The zero-order valence-corrected chi connectivity index (χ0v) is 32.5. The van der Waals surface area contributed by atoms with Gasteiger partial charge in [-0.1, -0.05) is 218 Å². The largest absolute Gasteiger partial charge is 0.310 e. The maximum atomic E-state index is 2.41. The van der Waals surface area contributed by atoms with Crippen LogP contribution in [0.3, 0.4) is 0 Å². The Morgan fingerprint density at radius 3 is 1.37 bits per heavy atom. The van der Waals surface area contributed by atoms with E-state index < -0.39 is 0 Å². The van der Waals surface area contributed by atoms with Crippen molar-refractivity contribution in [1.82, 2.24) is 0 Å². The number of allylic oxidation sites excluding steroid dienone is 4. The summed E-state index contributed by atoms with van der Waals surface area (Å²) in [7, 11) is 0. The summed E-state index contributed by atoms with van der Waals surface area (Å²) in [6, 6.07) is 71.3. The lowest BCUT2D eigenvalue weighted by Gasteiger charge is -2.29. The second-order valence-electron chi connectivity index (χ2n) is 14.3. The molecule has 0 aliphatic heterocycles. The SMILES string of the molecule is Cc1ccc(N(c2ccc(C=CC=C(c3ccccc3)c3ccccc3)cc2)c2ccc(C=CC=C(c3ccccc3)c3ccccc3)c3ccccc23)c(C)c1. The molecule has 1 nitrogen and oxygen atoms in total. The average Bonchev–Trinajstić information content (AvgIpc) is 3.27. The molecule has 8 aromatic carbocycles. The topological polar surface area (TPSA) is 3.24 Å². The first-order chi connectivity index (χ1) is 28.1. The van der Waals surface area contributed by atoms with Crippen LogP contribution in [0.1, 0.15) is 44.5 Å². The number of rotatable bonds is 11. The molecule has 0 aliphatic rings. The fourth-order valence-corrected chi connectivity index (χ4v) is 7.54. The van der Waals surface area contributed by atoms with Crippen LogP contribution in [0.15, 0.2) is 224 Å². The van der Waals surface area contributed by atoms with E-state index in [1.165, 1.54) is 60.9 Å². The normalized spacial score (nSPS) is 11.2. The van der Waals surface area contributed by atoms with Crippen molar-refractivity contribution in [3.8, 4) is 0 Å². The molecule has 1 heteroatoms. The number of hydrogen-bond donors (Lipinski definition) is 0. The van der Waals surface area contributed by atoms with Gasteiger partial charge in [-0.2, -0.15) is 0 Å². The molecule has 0 aliphatic carbocycles. The fraction of sp³-hybridized carbons (Fsp3) is 0.0357. The number of benzene rings is 8. The van der Waals surface area contributed by atoms with Gasteiger partial charge in [-0.15, -0.1) is 0 Å². The van der Waals surface area contributed by atoms with Crippen molar-refractivity contribution in [2.45, 2.75) is 13.8 Å². The molecule has 0 N–H and O–H groups in total. The second kappa shape index (κ2) is 17.5. The predicted octanol–water partition coefficient (Wildman–Crippen LogP) is 15.2. The molecule has 0 unspecified atom stereocenters. The molecule has 0 saturated carbocycles. The molecule has 0 aromatic heterocycles. The highest BCUT2D eigenvalue weighted by Crippen LogP contribution is 2.41. The van der Waals surface area contributed by atoms with Crippen molar-refractivity contribution in [2.24, 2.45) is 0 Å². The van der Waals surface area contributed by atoms with E-state index in [0.717, 1.165) is 22.6 Å². The van der Waals surface area contributed by atoms with E-state index in [9.17, 15) is 0 Å². The number of aryl methyl sites for hydroxylation is 2. The Balaban J connectivity index is 1.15. The van der Waals surface area contributed by atoms with Crippen molar-refractivity contribution in [3.63, 3.8) is 0 Å². The number of hydrogen-bond acceptors (Lipinski definition) is 1. The van der Waals surface area contributed by atoms with E-state index in [4.69, 9.17) is 0 Å². The Bertz CT molecular complexity index is 2620. The van der Waals surface area contributed by atoms with Crippen LogP contribution in [-0.2, 0) is 0 Å². The van der Waals surface area contributed by atoms with E-state index in [1.807, 2.05) is 0 Å². The van der Waals surface area contributed by atoms with Gasteiger partial charge in [0.2, 0.25) is 0 Å². The van der Waals surface area contributed by atoms with E-state index >= 15 is 0 Å². The summed E-state index contributed by atoms with van der Waals surface area (Å²) in [5.41, 5.74) is 15.4. The Morgan fingerprint density at radius 1 is 0.404 bits per heavy atom. The van der Waals surface area contributed by atoms with E-state index in [1.54, 1.807) is 0 Å². The van der Waals surface area contributed by atoms with Crippen molar-refractivity contribution >= 4 is 51.1 Å². The van der Waals surface area contributed by atoms with Crippen molar-refractivity contribution in [2.75, 3.05) is 4.90 Å². The maximum Gasteiger partial charge on any atom is 0.0540 e. The van der Waals surface area contributed by atoms with Crippen molar-refractivity contribution in [1.29, 1.82) is 0 Å². The third-order valence-corrected chi connectivity index (χ3v) is 10.3. The lowest BCUT2D eigenvalue weighted by molar-refractivity contribution is 1.25. The first-order valence-corrected chi connectivity index (χ1v) is 19.6. The Labute approximate surface area is 337 Å². The molecule has 274 valence electrons. The van der Waals surface area contributed by atoms with Gasteiger partial charge in [0, 0.05) is 16.8 Å². The number of fused-ring (bicyclic) bond motifs is 1. The molecule has 8 aromatic rings. The monoisotopic (exact) mass is 731 g/mol. The minimum atomic E-state index is 1.11. The molecular weight excluding hydrogens is 687 g/mol. The standard InChI is InChI=1S/C56H45N/c1-42-33-39-55(43(2)41-42)57(50-37-34-44(35-38-50)19-17-31-51(45-20-7-3-8-21-45)46-22-9-4-10-23-46)56-40-36-49(53-29-15-16-30-54(53)56)28-18-32-52(47-24-11-5-12-25-47)48-26-13-6-14-27-48/h3-41H,1-2H3. The molecule has 0 fully saturated rings. The van der Waals surface area contributed by atoms with Crippen LogP contribution < -0.4 is 4.90 Å². The highest BCUT2D eigenvalue weighted by atomic mass is 15.1. The quantitative estimate of drug-likeness (QED) is 0.120. The van der Waals surface area contributed by atoms with E-state index in [0.29, 0.717) is 0 Å². The van der Waals surface area contributed by atoms with Crippen LogP contribution in [0.5, 0.6) is 0 Å². The fourth-order valence-electron chi connectivity index (χ4n) is 7.54. The van der Waals surface area contributed by atoms with Gasteiger partial charge in [0.25, 0.3) is 0 Å². The zero-order valence-electron chi connectivity index (χ0n) is 32.5. The second-order valence-corrected chi connectivity index (χ2v) is 14.3. The van der Waals surface area contributed by atoms with Crippen LogP contribution in [0.2, 0.25) is 0 Å². The molecule has 0 radical (unpaired) electrons. The Hall–Kier alpha value is -7.22. The maximum absolute atomic E-state index is 2.41. The van der Waals surface area contributed by atoms with Crippen LogP contribution in [-0.4, -0.2) is 0 Å². The van der Waals surface area contributed by atoms with E-state index in [-0.39, 0.29) is 0 Å². The highest BCUT2D eigenvalue weighted by molar-refractivity contribution is 6.03. The van der Waals surface area contributed by atoms with E-state index in [2.05, 4.69) is 255 Å². The molecule has 0 bridgehead atoms. The molecule has 8 rings (SSSR count). The molecule has 0 spiro atoms. The average molecular weight is 732 g/mol. The van der Waals surface area contributed by atoms with Crippen molar-refractivity contribution < 1.29 is 0 Å². The van der Waals surface area contributed by atoms with Gasteiger partial charge in [-0.25, -0.2) is 0 Å². The smallest absolute Gasteiger partial charge is 0.0540 e. The summed E-state index contributed by atoms with van der Waals surface area (Å²) in [5.74, 6) is 0. The van der Waals surface area contributed by atoms with Gasteiger partial charge in [0.15, 0.2) is 0 Å². The molecule has 0 heterocycles. The number of anilines is 3. The van der Waals surface area contributed by atoms with Crippen LogP contribution in [0.25, 0.3) is 34.1 Å². The zero-order chi connectivity index (χ0) is 38.8. The number of nitrogens with zero attached hydrogens (tertiary/aromatic N) is 1. The van der Waals surface area contributed by atoms with Gasteiger partial charge in [-0.05, 0) is 93.6 Å². The van der Waals surface area contributed by atoms with Crippen LogP contribution >= 0.6 is 0 Å². The van der Waals surface area contributed by atoms with Crippen LogP contribution in [0, 0.1) is 13.8 Å². The highest BCUT2D eigenvalue weighted by Gasteiger charge is 2.18. The summed E-state index contributed by atoms with van der Waals surface area (Å²) in [4.78, 5) is 2.41. The van der Waals surface area contributed by atoms with Crippen molar-refractivity contribution in [3.05, 3.63) is 269 Å². The Kier molecular flexibility index (Phi) is 11.3. The third-order valence-electron chi connectivity index (χ3n) is 10.3. The molecular formula is C56H45N. The van der Waals surface area contributed by atoms with Gasteiger partial charge < -0.3 is 4.90 Å². The third kappa shape index (κ3) is 8.54. The molecule has 0 amide bonds. The minimum Gasteiger partial charge on any atom is -0.310 e. The molecule has 0 atom stereocenters. The summed E-state index contributed by atoms with van der Waals surface area (Å²) in [6.07, 6.45) is 13.2.